The van der Waals surface area contributed by atoms with E-state index in [0.717, 1.165) is 69.2 Å². The molecule has 2 bridgehead atoms. The van der Waals surface area contributed by atoms with Crippen molar-refractivity contribution >= 4 is 51.8 Å². The first-order chi connectivity index (χ1) is 32.4. The highest BCUT2D eigenvalue weighted by Crippen LogP contribution is 2.39. The van der Waals surface area contributed by atoms with E-state index in [1.165, 1.54) is 26.2 Å². The molecule has 1 aromatic carbocycles. The molecule has 5 aliphatic rings. The van der Waals surface area contributed by atoms with Crippen LogP contribution in [0.25, 0.3) is 16.7 Å². The number of ether oxygens (including phenoxy) is 1. The van der Waals surface area contributed by atoms with Crippen LogP contribution in [0, 0.1) is 5.92 Å². The van der Waals surface area contributed by atoms with E-state index < -0.39 is 30.0 Å². The lowest BCUT2D eigenvalue weighted by Crippen LogP contribution is -2.57. The van der Waals surface area contributed by atoms with Crippen LogP contribution in [0.4, 0.5) is 20.3 Å². The van der Waals surface area contributed by atoms with Crippen molar-refractivity contribution in [2.75, 3.05) is 49.5 Å². The number of aryl methyl sites for hydroxylation is 2. The summed E-state index contributed by atoms with van der Waals surface area (Å²) in [5.74, 6) is -0.637. The largest absolute Gasteiger partial charge is 0.375 e. The Bertz CT molecular complexity index is 2740. The first-order valence-electron chi connectivity index (χ1n) is 23.9. The number of nitrogens with zero attached hydrogens (tertiary/aromatic N) is 10. The normalized spacial score (nSPS) is 24.9. The molecule has 67 heavy (non-hydrogen) atoms. The van der Waals surface area contributed by atoms with Crippen LogP contribution in [-0.2, 0) is 32.6 Å². The number of halogens is 2. The van der Waals surface area contributed by atoms with Gasteiger partial charge in [-0.25, -0.2) is 23.1 Å². The second-order valence-electron chi connectivity index (χ2n) is 18.9. The van der Waals surface area contributed by atoms with Gasteiger partial charge in [-0.3, -0.25) is 43.2 Å². The molecule has 8 heterocycles. The first-order valence-corrected chi connectivity index (χ1v) is 23.9. The first kappa shape index (κ1) is 44.8. The summed E-state index contributed by atoms with van der Waals surface area (Å²) in [5.41, 5.74) is 2.20. The van der Waals surface area contributed by atoms with E-state index in [9.17, 15) is 32.8 Å². The molecule has 4 amide bonds. The Morgan fingerprint density at radius 2 is 1.75 bits per heavy atom. The van der Waals surface area contributed by atoms with E-state index in [4.69, 9.17) is 9.72 Å². The molecule has 0 radical (unpaired) electrons. The number of likely N-dealkylation sites (tertiary alicyclic amines) is 1. The summed E-state index contributed by atoms with van der Waals surface area (Å²) < 4.78 is 40.8. The topological polar surface area (TPSA) is 186 Å². The van der Waals surface area contributed by atoms with Gasteiger partial charge in [0, 0.05) is 70.0 Å². The van der Waals surface area contributed by atoms with Gasteiger partial charge in [-0.15, -0.1) is 0 Å². The number of carbonyl (C=O) groups is 4. The average molecular weight is 925 g/mol. The number of fused-ring (bicyclic) bond motifs is 4. The number of nitrogens with one attached hydrogen (secondary N) is 2. The fourth-order valence-electron chi connectivity index (χ4n) is 11.3. The van der Waals surface area contributed by atoms with Gasteiger partial charge in [0.25, 0.3) is 12.3 Å². The zero-order chi connectivity index (χ0) is 46.5. The fourth-order valence-corrected chi connectivity index (χ4v) is 11.3. The number of aromatic nitrogens is 7. The third kappa shape index (κ3) is 8.62. The monoisotopic (exact) mass is 924 g/mol. The number of para-hydroxylation sites is 1. The zero-order valence-electron chi connectivity index (χ0n) is 38.0. The molecule has 4 aliphatic heterocycles. The fraction of sp³-hybridized carbons (Fsp3) is 0.574. The number of unbranched alkanes of at least 4 members (excludes halogenated alkanes) is 1. The summed E-state index contributed by atoms with van der Waals surface area (Å²) in [5, 5.41) is 13.6. The molecule has 4 saturated heterocycles. The minimum atomic E-state index is -2.91. The second-order valence-corrected chi connectivity index (χ2v) is 18.9. The standard InChI is InChI=1S/C47H58F2N12O6/c1-3-33-26-57(21-22-67-33)38-18-20-58-43(52-38)34(23-50-58)44(63)51-35-27-59(54-40(35)42(48)49)30-12-10-29(11-13-30)46(65)60-31-14-15-32(60)25-56(24-31)19-5-4-7-28-8-6-9-36-41(28)55(2)47(66)61(36)37-16-17-39(62)53-45(37)64/h6,8-9,18,20,23,27,29-33,37,42H,3-5,7,10-17,19,21-22,24-26H2,1-2H3,(H,51,63)(H,53,62,64)/t29?,30?,31-,32+,33-,37?/m1/s1. The van der Waals surface area contributed by atoms with Crippen LogP contribution in [0.2, 0.25) is 0 Å². The smallest absolute Gasteiger partial charge is 0.329 e. The number of imide groups is 1. The van der Waals surface area contributed by atoms with Crippen molar-refractivity contribution in [3.8, 4) is 0 Å². The Balaban J connectivity index is 0.721. The number of piperidine rings is 1. The van der Waals surface area contributed by atoms with Crippen molar-refractivity contribution < 1.29 is 32.7 Å². The van der Waals surface area contributed by atoms with Gasteiger partial charge in [0.15, 0.2) is 11.3 Å². The molecule has 18 nitrogen and oxygen atoms in total. The van der Waals surface area contributed by atoms with Crippen LogP contribution in [0.15, 0.2) is 47.7 Å². The highest BCUT2D eigenvalue weighted by atomic mass is 19.3. The maximum Gasteiger partial charge on any atom is 0.329 e. The van der Waals surface area contributed by atoms with E-state index in [-0.39, 0.29) is 65.3 Å². The number of amides is 4. The number of hydrogen-bond acceptors (Lipinski definition) is 11. The third-order valence-electron chi connectivity index (χ3n) is 14.8. The van der Waals surface area contributed by atoms with Gasteiger partial charge in [0.05, 0.1) is 41.7 Å². The lowest BCUT2D eigenvalue weighted by molar-refractivity contribution is -0.143. The van der Waals surface area contributed by atoms with E-state index in [0.29, 0.717) is 68.8 Å². The average Bonchev–Trinajstić information content (AvgIpc) is 4.09. The van der Waals surface area contributed by atoms with Crippen LogP contribution >= 0.6 is 0 Å². The quantitative estimate of drug-likeness (QED) is 0.122. The van der Waals surface area contributed by atoms with Gasteiger partial charge >= 0.3 is 5.69 Å². The third-order valence-corrected chi connectivity index (χ3v) is 14.8. The second kappa shape index (κ2) is 18.6. The lowest BCUT2D eigenvalue weighted by Gasteiger charge is -2.43. The molecule has 1 aliphatic carbocycles. The van der Waals surface area contributed by atoms with Crippen LogP contribution in [0.3, 0.4) is 0 Å². The highest BCUT2D eigenvalue weighted by Gasteiger charge is 2.45. The lowest BCUT2D eigenvalue weighted by atomic mass is 9.84. The molecule has 10 rings (SSSR count). The minimum absolute atomic E-state index is 0.0619. The Morgan fingerprint density at radius 3 is 2.49 bits per heavy atom. The number of benzene rings is 1. The molecular weight excluding hydrogens is 867 g/mol. The van der Waals surface area contributed by atoms with Gasteiger partial charge in [-0.05, 0) is 94.9 Å². The molecule has 5 aromatic rings. The molecule has 0 spiro atoms. The van der Waals surface area contributed by atoms with Crippen molar-refractivity contribution in [3.05, 3.63) is 70.2 Å². The Kier molecular flexibility index (Phi) is 12.4. The van der Waals surface area contributed by atoms with Crippen molar-refractivity contribution in [1.29, 1.82) is 0 Å². The van der Waals surface area contributed by atoms with E-state index >= 15 is 0 Å². The van der Waals surface area contributed by atoms with Gasteiger partial charge < -0.3 is 19.9 Å². The minimum Gasteiger partial charge on any atom is -0.375 e. The number of alkyl halides is 2. The van der Waals surface area contributed by atoms with Crippen molar-refractivity contribution in [1.82, 2.24) is 48.6 Å². The van der Waals surface area contributed by atoms with Crippen molar-refractivity contribution in [3.63, 3.8) is 0 Å². The molecule has 1 saturated carbocycles. The van der Waals surface area contributed by atoms with Gasteiger partial charge in [0.2, 0.25) is 17.7 Å². The Hall–Kier alpha value is -6.02. The number of morpholine rings is 1. The number of carbonyl (C=O) groups excluding carboxylic acids is 4. The molecule has 4 aromatic heterocycles. The maximum atomic E-state index is 14.4. The van der Waals surface area contributed by atoms with Crippen LogP contribution in [-0.4, -0.2) is 124 Å². The van der Waals surface area contributed by atoms with Gasteiger partial charge in [-0.2, -0.15) is 10.2 Å². The molecule has 1 unspecified atom stereocenters. The summed E-state index contributed by atoms with van der Waals surface area (Å²) in [4.78, 5) is 77.1. The molecule has 2 N–H and O–H groups in total. The van der Waals surface area contributed by atoms with E-state index in [1.807, 2.05) is 24.3 Å². The van der Waals surface area contributed by atoms with E-state index in [1.54, 1.807) is 17.8 Å². The molecule has 20 heteroatoms. The van der Waals surface area contributed by atoms with Crippen LogP contribution in [0.5, 0.6) is 0 Å². The molecular formula is C47H58F2N12O6. The van der Waals surface area contributed by atoms with Crippen molar-refractivity contribution in [2.24, 2.45) is 13.0 Å². The number of piperazine rings is 1. The number of anilines is 2. The molecule has 5 fully saturated rings. The van der Waals surface area contributed by atoms with Gasteiger partial charge in [0.1, 0.15) is 17.4 Å². The summed E-state index contributed by atoms with van der Waals surface area (Å²) in [6.07, 6.45) is 10.2. The van der Waals surface area contributed by atoms with E-state index in [2.05, 4.69) is 42.5 Å². The predicted molar refractivity (Wildman–Crippen MR) is 243 cm³/mol. The molecule has 356 valence electrons. The predicted octanol–water partition coefficient (Wildman–Crippen LogP) is 4.79. The number of imidazole rings is 1. The van der Waals surface area contributed by atoms with Gasteiger partial charge in [-0.1, -0.05) is 19.1 Å². The Morgan fingerprint density at radius 1 is 0.970 bits per heavy atom. The summed E-state index contributed by atoms with van der Waals surface area (Å²) >= 11 is 0. The number of rotatable bonds is 13. The van der Waals surface area contributed by atoms with Crippen molar-refractivity contribution in [2.45, 2.75) is 121 Å². The Labute approximate surface area is 385 Å². The highest BCUT2D eigenvalue weighted by molar-refractivity contribution is 6.08. The summed E-state index contributed by atoms with van der Waals surface area (Å²) in [7, 11) is 1.73. The molecule has 4 atom stereocenters. The maximum absolute atomic E-state index is 14.4. The van der Waals surface area contributed by atoms with Crippen LogP contribution < -0.4 is 21.2 Å². The summed E-state index contributed by atoms with van der Waals surface area (Å²) in [6, 6.07) is 7.06. The SMILES string of the molecule is CC[C@@H]1CN(c2ccn3ncc(C(=O)Nc4cn(C5CCC(C(=O)N6[C@@H]7CC[C@H]6CN(CCCCc6cccc8c6n(C)c(=O)n8C6CCC(=O)NC6=O)C7)CC5)nc4C(F)F)c3n2)CCO1. The van der Waals surface area contributed by atoms with Crippen LogP contribution in [0.1, 0.15) is 118 Å². The zero-order valence-corrected chi connectivity index (χ0v) is 38.0. The number of hydrogen-bond donors (Lipinski definition) is 2. The summed E-state index contributed by atoms with van der Waals surface area (Å²) in [6.45, 7) is 6.53.